The van der Waals surface area contributed by atoms with Crippen LogP contribution in [0.15, 0.2) is 0 Å². The maximum Gasteiger partial charge on any atom is 0.239 e. The van der Waals surface area contributed by atoms with E-state index in [0.29, 0.717) is 13.1 Å². The largest absolute Gasteiger partial charge is 0.388 e. The van der Waals surface area contributed by atoms with Gasteiger partial charge in [-0.05, 0) is 40.8 Å². The van der Waals surface area contributed by atoms with E-state index in [2.05, 4.69) is 5.32 Å². The molecule has 1 rings (SSSR count). The lowest BCUT2D eigenvalue weighted by Gasteiger charge is -2.29. The Morgan fingerprint density at radius 3 is 2.50 bits per heavy atom. The third-order valence-electron chi connectivity index (χ3n) is 3.23. The van der Waals surface area contributed by atoms with E-state index in [4.69, 9.17) is 0 Å². The minimum absolute atomic E-state index is 0.146. The summed E-state index contributed by atoms with van der Waals surface area (Å²) in [4.78, 5) is 15.9. The standard InChI is InChI=1S/C13H27N3O2/c1-11(12(17)16-7-5-6-8-16)14-9-13(2,18)10-15(3)4/h11,14,18H,5-10H2,1-4H3. The lowest BCUT2D eigenvalue weighted by Crippen LogP contribution is -2.51. The summed E-state index contributed by atoms with van der Waals surface area (Å²) < 4.78 is 0. The molecule has 106 valence electrons. The van der Waals surface area contributed by atoms with E-state index in [0.717, 1.165) is 25.9 Å². The fourth-order valence-corrected chi connectivity index (χ4v) is 2.41. The maximum atomic E-state index is 12.1. The molecule has 1 aliphatic rings. The normalized spacial score (nSPS) is 21.1. The Morgan fingerprint density at radius 2 is 2.00 bits per heavy atom. The molecule has 1 saturated heterocycles. The van der Waals surface area contributed by atoms with Gasteiger partial charge in [-0.15, -0.1) is 0 Å². The lowest BCUT2D eigenvalue weighted by atomic mass is 10.1. The van der Waals surface area contributed by atoms with Crippen molar-refractivity contribution in [1.29, 1.82) is 0 Å². The average Bonchev–Trinajstić information content (AvgIpc) is 2.76. The van der Waals surface area contributed by atoms with Crippen LogP contribution in [0.1, 0.15) is 26.7 Å². The molecule has 2 N–H and O–H groups in total. The predicted molar refractivity (Wildman–Crippen MR) is 72.5 cm³/mol. The van der Waals surface area contributed by atoms with E-state index < -0.39 is 5.60 Å². The SMILES string of the molecule is CC(NCC(C)(O)CN(C)C)C(=O)N1CCCC1. The van der Waals surface area contributed by atoms with E-state index in [1.54, 1.807) is 6.92 Å². The zero-order chi connectivity index (χ0) is 13.8. The van der Waals surface area contributed by atoms with Crippen molar-refractivity contribution in [2.45, 2.75) is 38.3 Å². The van der Waals surface area contributed by atoms with Gasteiger partial charge < -0.3 is 20.2 Å². The molecule has 0 aromatic rings. The molecule has 0 aromatic heterocycles. The average molecular weight is 257 g/mol. The van der Waals surface area contributed by atoms with Crippen molar-refractivity contribution in [1.82, 2.24) is 15.1 Å². The highest BCUT2D eigenvalue weighted by Crippen LogP contribution is 2.09. The van der Waals surface area contributed by atoms with Crippen LogP contribution in [-0.2, 0) is 4.79 Å². The third-order valence-corrected chi connectivity index (χ3v) is 3.23. The molecule has 1 aliphatic heterocycles. The van der Waals surface area contributed by atoms with Crippen LogP contribution in [0.4, 0.5) is 0 Å². The van der Waals surface area contributed by atoms with Gasteiger partial charge in [0.05, 0.1) is 11.6 Å². The van der Waals surface area contributed by atoms with Gasteiger partial charge in [0.1, 0.15) is 0 Å². The highest BCUT2D eigenvalue weighted by Gasteiger charge is 2.26. The number of carbonyl (C=O) groups excluding carboxylic acids is 1. The van der Waals surface area contributed by atoms with Crippen LogP contribution in [0, 0.1) is 0 Å². The second kappa shape index (κ2) is 6.50. The summed E-state index contributed by atoms with van der Waals surface area (Å²) in [5.74, 6) is 0.146. The number of hydrogen-bond acceptors (Lipinski definition) is 4. The summed E-state index contributed by atoms with van der Waals surface area (Å²) in [6.07, 6.45) is 2.22. The summed E-state index contributed by atoms with van der Waals surface area (Å²) in [6.45, 7) is 6.40. The van der Waals surface area contributed by atoms with Crippen LogP contribution >= 0.6 is 0 Å². The molecule has 2 atom stereocenters. The number of aliphatic hydroxyl groups is 1. The molecule has 0 saturated carbocycles. The summed E-state index contributed by atoms with van der Waals surface area (Å²) >= 11 is 0. The van der Waals surface area contributed by atoms with Crippen LogP contribution in [0.5, 0.6) is 0 Å². The van der Waals surface area contributed by atoms with E-state index in [-0.39, 0.29) is 11.9 Å². The lowest BCUT2D eigenvalue weighted by molar-refractivity contribution is -0.132. The fraction of sp³-hybridized carbons (Fsp3) is 0.923. The number of carbonyl (C=O) groups is 1. The van der Waals surface area contributed by atoms with Crippen molar-refractivity contribution in [3.05, 3.63) is 0 Å². The van der Waals surface area contributed by atoms with Crippen LogP contribution in [0.25, 0.3) is 0 Å². The van der Waals surface area contributed by atoms with Crippen molar-refractivity contribution in [3.63, 3.8) is 0 Å². The number of amides is 1. The Hall–Kier alpha value is -0.650. The Kier molecular flexibility index (Phi) is 5.56. The quantitative estimate of drug-likeness (QED) is 0.698. The van der Waals surface area contributed by atoms with Gasteiger partial charge in [-0.25, -0.2) is 0 Å². The van der Waals surface area contributed by atoms with Gasteiger partial charge in [0, 0.05) is 26.2 Å². The summed E-state index contributed by atoms with van der Waals surface area (Å²) in [5.41, 5.74) is -0.816. The van der Waals surface area contributed by atoms with E-state index in [1.165, 1.54) is 0 Å². The van der Waals surface area contributed by atoms with Crippen molar-refractivity contribution in [2.75, 3.05) is 40.3 Å². The summed E-state index contributed by atoms with van der Waals surface area (Å²) in [7, 11) is 3.85. The fourth-order valence-electron chi connectivity index (χ4n) is 2.41. The topological polar surface area (TPSA) is 55.8 Å². The van der Waals surface area contributed by atoms with Gasteiger partial charge in [-0.3, -0.25) is 4.79 Å². The number of nitrogens with zero attached hydrogens (tertiary/aromatic N) is 2. The maximum absolute atomic E-state index is 12.1. The Balaban J connectivity index is 2.35. The Morgan fingerprint density at radius 1 is 1.44 bits per heavy atom. The van der Waals surface area contributed by atoms with E-state index in [1.807, 2.05) is 30.8 Å². The molecule has 0 aliphatic carbocycles. The second-order valence-corrected chi connectivity index (χ2v) is 5.87. The van der Waals surface area contributed by atoms with Gasteiger partial charge in [0.2, 0.25) is 5.91 Å². The molecule has 0 bridgehead atoms. The molecular formula is C13H27N3O2. The monoisotopic (exact) mass is 257 g/mol. The van der Waals surface area contributed by atoms with Crippen LogP contribution in [-0.4, -0.2) is 72.7 Å². The molecule has 18 heavy (non-hydrogen) atoms. The highest BCUT2D eigenvalue weighted by molar-refractivity contribution is 5.81. The molecular weight excluding hydrogens is 230 g/mol. The first-order valence-corrected chi connectivity index (χ1v) is 6.71. The zero-order valence-corrected chi connectivity index (χ0v) is 12.1. The van der Waals surface area contributed by atoms with Crippen molar-refractivity contribution in [3.8, 4) is 0 Å². The molecule has 0 radical (unpaired) electrons. The molecule has 5 nitrogen and oxygen atoms in total. The van der Waals surface area contributed by atoms with Gasteiger partial charge in [0.15, 0.2) is 0 Å². The van der Waals surface area contributed by atoms with Crippen LogP contribution in [0.2, 0.25) is 0 Å². The second-order valence-electron chi connectivity index (χ2n) is 5.87. The van der Waals surface area contributed by atoms with Crippen molar-refractivity contribution >= 4 is 5.91 Å². The first-order valence-electron chi connectivity index (χ1n) is 6.71. The Bertz CT molecular complexity index is 273. The molecule has 1 heterocycles. The van der Waals surface area contributed by atoms with Crippen LogP contribution < -0.4 is 5.32 Å². The number of likely N-dealkylation sites (tertiary alicyclic amines) is 1. The molecule has 1 amide bonds. The molecule has 2 unspecified atom stereocenters. The minimum Gasteiger partial charge on any atom is -0.388 e. The number of rotatable bonds is 6. The number of nitrogens with one attached hydrogen (secondary N) is 1. The van der Waals surface area contributed by atoms with E-state index in [9.17, 15) is 9.90 Å². The third kappa shape index (κ3) is 4.92. The van der Waals surface area contributed by atoms with Gasteiger partial charge in [0.25, 0.3) is 0 Å². The first kappa shape index (κ1) is 15.4. The zero-order valence-electron chi connectivity index (χ0n) is 12.1. The summed E-state index contributed by atoms with van der Waals surface area (Å²) in [5, 5.41) is 13.3. The van der Waals surface area contributed by atoms with E-state index >= 15 is 0 Å². The van der Waals surface area contributed by atoms with Crippen molar-refractivity contribution < 1.29 is 9.90 Å². The van der Waals surface area contributed by atoms with Crippen molar-refractivity contribution in [2.24, 2.45) is 0 Å². The molecule has 5 heteroatoms. The minimum atomic E-state index is -0.816. The highest BCUT2D eigenvalue weighted by atomic mass is 16.3. The van der Waals surface area contributed by atoms with Crippen LogP contribution in [0.3, 0.4) is 0 Å². The smallest absolute Gasteiger partial charge is 0.239 e. The van der Waals surface area contributed by atoms with Gasteiger partial charge in [-0.2, -0.15) is 0 Å². The number of likely N-dealkylation sites (N-methyl/N-ethyl adjacent to an activating group) is 1. The number of hydrogen-bond donors (Lipinski definition) is 2. The van der Waals surface area contributed by atoms with Gasteiger partial charge >= 0.3 is 0 Å². The Labute approximate surface area is 110 Å². The van der Waals surface area contributed by atoms with Gasteiger partial charge in [-0.1, -0.05) is 0 Å². The molecule has 0 spiro atoms. The molecule has 0 aromatic carbocycles. The first-order chi connectivity index (χ1) is 8.32. The summed E-state index contributed by atoms with van der Waals surface area (Å²) in [6, 6.07) is -0.225. The predicted octanol–water partition coefficient (Wildman–Crippen LogP) is -0.100. The molecule has 1 fully saturated rings.